The first-order valence-corrected chi connectivity index (χ1v) is 12.9. The van der Waals surface area contributed by atoms with E-state index in [0.717, 1.165) is 38.3 Å². The van der Waals surface area contributed by atoms with Gasteiger partial charge in [0.05, 0.1) is 10.5 Å². The zero-order chi connectivity index (χ0) is 27.1. The maximum Gasteiger partial charge on any atom is 0.269 e. The molecule has 0 atom stereocenters. The number of nitro benzene ring substituents is 1. The zero-order valence-electron chi connectivity index (χ0n) is 21.8. The molecule has 9 nitrogen and oxygen atoms in total. The Morgan fingerprint density at radius 3 is 2.37 bits per heavy atom. The van der Waals surface area contributed by atoms with Gasteiger partial charge in [-0.15, -0.1) is 0 Å². The molecule has 0 saturated carbocycles. The normalized spacial score (nSPS) is 12.7. The van der Waals surface area contributed by atoms with Crippen LogP contribution in [0.1, 0.15) is 45.7 Å². The molecule has 9 heteroatoms. The summed E-state index contributed by atoms with van der Waals surface area (Å²) in [6, 6.07) is 19.1. The lowest BCUT2D eigenvalue weighted by Crippen LogP contribution is -2.36. The largest absolute Gasteiger partial charge is 0.366 e. The average molecular weight is 516 g/mol. The molecule has 1 aliphatic rings. The number of nitrogens with one attached hydrogen (secondary N) is 2. The van der Waals surface area contributed by atoms with Gasteiger partial charge in [-0.3, -0.25) is 19.7 Å². The molecule has 0 aliphatic carbocycles. The number of rotatable bonds is 10. The lowest BCUT2D eigenvalue weighted by Gasteiger charge is -2.32. The fourth-order valence-electron chi connectivity index (χ4n) is 4.67. The van der Waals surface area contributed by atoms with E-state index in [0.29, 0.717) is 24.3 Å². The van der Waals surface area contributed by atoms with E-state index in [9.17, 15) is 19.7 Å². The summed E-state index contributed by atoms with van der Waals surface area (Å²) < 4.78 is 0. The highest BCUT2D eigenvalue weighted by Gasteiger charge is 2.22. The van der Waals surface area contributed by atoms with Crippen LogP contribution in [0.5, 0.6) is 0 Å². The van der Waals surface area contributed by atoms with Crippen molar-refractivity contribution in [1.29, 1.82) is 0 Å². The molecule has 198 valence electrons. The van der Waals surface area contributed by atoms with Crippen molar-refractivity contribution in [3.8, 4) is 0 Å². The van der Waals surface area contributed by atoms with Crippen LogP contribution in [0.25, 0.3) is 0 Å². The van der Waals surface area contributed by atoms with E-state index in [-0.39, 0.29) is 17.2 Å². The Kier molecular flexibility index (Phi) is 8.70. The Morgan fingerprint density at radius 1 is 0.974 bits per heavy atom. The minimum Gasteiger partial charge on any atom is -0.366 e. The van der Waals surface area contributed by atoms with Gasteiger partial charge in [0, 0.05) is 55.2 Å². The minimum atomic E-state index is -0.509. The summed E-state index contributed by atoms with van der Waals surface area (Å²) in [5.41, 5.74) is 4.54. The maximum atomic E-state index is 13.4. The predicted molar refractivity (Wildman–Crippen MR) is 149 cm³/mol. The molecule has 3 aromatic carbocycles. The summed E-state index contributed by atoms with van der Waals surface area (Å²) in [6.07, 6.45) is 0.887. The number of carbonyl (C=O) groups excluding carboxylic acids is 2. The molecule has 0 spiro atoms. The second kappa shape index (κ2) is 12.3. The molecule has 0 aromatic heterocycles. The monoisotopic (exact) mass is 515 g/mol. The number of non-ortho nitro benzene ring substituents is 1. The van der Waals surface area contributed by atoms with Gasteiger partial charge < -0.3 is 20.4 Å². The molecule has 4 rings (SSSR count). The summed E-state index contributed by atoms with van der Waals surface area (Å²) >= 11 is 0. The van der Waals surface area contributed by atoms with Crippen LogP contribution >= 0.6 is 0 Å². The van der Waals surface area contributed by atoms with Gasteiger partial charge in [-0.05, 0) is 61.0 Å². The molecule has 0 saturated heterocycles. The molecule has 1 heterocycles. The third-order valence-electron chi connectivity index (χ3n) is 6.92. The van der Waals surface area contributed by atoms with Crippen LogP contribution in [-0.2, 0) is 13.0 Å². The van der Waals surface area contributed by atoms with Crippen molar-refractivity contribution < 1.29 is 14.5 Å². The number of amides is 2. The van der Waals surface area contributed by atoms with Gasteiger partial charge in [0.15, 0.2) is 0 Å². The van der Waals surface area contributed by atoms with Crippen LogP contribution in [0, 0.1) is 10.1 Å². The summed E-state index contributed by atoms with van der Waals surface area (Å²) in [6.45, 7) is 8.76. The number of carbonyl (C=O) groups is 2. The van der Waals surface area contributed by atoms with Crippen LogP contribution in [0.15, 0.2) is 66.7 Å². The number of hydrogen-bond donors (Lipinski definition) is 2. The first kappa shape index (κ1) is 26.8. The second-order valence-electron chi connectivity index (χ2n) is 9.21. The van der Waals surface area contributed by atoms with Gasteiger partial charge in [-0.1, -0.05) is 38.1 Å². The van der Waals surface area contributed by atoms with Gasteiger partial charge in [-0.2, -0.15) is 0 Å². The molecule has 0 fully saturated rings. The summed E-state index contributed by atoms with van der Waals surface area (Å²) in [5.74, 6) is -0.607. The molecule has 0 bridgehead atoms. The zero-order valence-corrected chi connectivity index (χ0v) is 21.8. The standard InChI is InChI=1S/C29H33N5O4/c1-3-32(4-2)18-16-30-29(36)26-19-24(31-28(35)22-9-12-25(13-10-22)34(37)38)11-14-27(26)33-17-15-21-7-5-6-8-23(21)20-33/h5-14,19H,3-4,15-18,20H2,1-2H3,(H,30,36)(H,31,35). The first-order chi connectivity index (χ1) is 18.4. The second-order valence-corrected chi connectivity index (χ2v) is 9.21. The maximum absolute atomic E-state index is 13.4. The molecule has 0 unspecified atom stereocenters. The van der Waals surface area contributed by atoms with Crippen molar-refractivity contribution in [2.24, 2.45) is 0 Å². The number of nitro groups is 1. The van der Waals surface area contributed by atoms with Gasteiger partial charge in [0.2, 0.25) is 0 Å². The van der Waals surface area contributed by atoms with Gasteiger partial charge >= 0.3 is 0 Å². The molecule has 1 aliphatic heterocycles. The van der Waals surface area contributed by atoms with Gasteiger partial charge in [0.1, 0.15) is 0 Å². The van der Waals surface area contributed by atoms with Crippen LogP contribution < -0.4 is 15.5 Å². The number of likely N-dealkylation sites (N-methyl/N-ethyl adjacent to an activating group) is 1. The van der Waals surface area contributed by atoms with Crippen LogP contribution in [0.3, 0.4) is 0 Å². The topological polar surface area (TPSA) is 108 Å². The van der Waals surface area contributed by atoms with Gasteiger partial charge in [-0.25, -0.2) is 0 Å². The van der Waals surface area contributed by atoms with Crippen molar-refractivity contribution in [2.45, 2.75) is 26.8 Å². The van der Waals surface area contributed by atoms with E-state index < -0.39 is 10.8 Å². The fourth-order valence-corrected chi connectivity index (χ4v) is 4.67. The number of anilines is 2. The molecule has 2 N–H and O–H groups in total. The molecular formula is C29H33N5O4. The van der Waals surface area contributed by atoms with Crippen molar-refractivity contribution >= 4 is 28.9 Å². The fraction of sp³-hybridized carbons (Fsp3) is 0.310. The Hall–Kier alpha value is -4.24. The van der Waals surface area contributed by atoms with Crippen molar-refractivity contribution in [1.82, 2.24) is 10.2 Å². The Morgan fingerprint density at radius 2 is 1.68 bits per heavy atom. The smallest absolute Gasteiger partial charge is 0.269 e. The molecule has 3 aromatic rings. The average Bonchev–Trinajstić information content (AvgIpc) is 2.95. The highest BCUT2D eigenvalue weighted by Crippen LogP contribution is 2.30. The number of nitrogens with zero attached hydrogens (tertiary/aromatic N) is 3. The van der Waals surface area contributed by atoms with Gasteiger partial charge in [0.25, 0.3) is 17.5 Å². The SMILES string of the molecule is CCN(CC)CCNC(=O)c1cc(NC(=O)c2ccc([N+](=O)[O-])cc2)ccc1N1CCc2ccccc2C1. The van der Waals surface area contributed by atoms with Crippen molar-refractivity contribution in [3.05, 3.63) is 99.1 Å². The van der Waals surface area contributed by atoms with Crippen molar-refractivity contribution in [3.63, 3.8) is 0 Å². The summed E-state index contributed by atoms with van der Waals surface area (Å²) in [4.78, 5) is 41.0. The van der Waals surface area contributed by atoms with Crippen molar-refractivity contribution in [2.75, 3.05) is 42.9 Å². The van der Waals surface area contributed by atoms with E-state index >= 15 is 0 Å². The van der Waals surface area contributed by atoms with E-state index in [1.54, 1.807) is 12.1 Å². The summed E-state index contributed by atoms with van der Waals surface area (Å²) in [7, 11) is 0. The number of hydrogen-bond acceptors (Lipinski definition) is 6. The van der Waals surface area contributed by atoms with E-state index in [1.807, 2.05) is 18.2 Å². The Balaban J connectivity index is 1.56. The molecule has 0 radical (unpaired) electrons. The molecule has 2 amide bonds. The van der Waals surface area contributed by atoms with Crippen LogP contribution in [-0.4, -0.2) is 54.4 Å². The Labute approximate surface area is 222 Å². The lowest BCUT2D eigenvalue weighted by molar-refractivity contribution is -0.384. The number of fused-ring (bicyclic) bond motifs is 1. The highest BCUT2D eigenvalue weighted by atomic mass is 16.6. The Bertz CT molecular complexity index is 1300. The van der Waals surface area contributed by atoms with Crippen LogP contribution in [0.2, 0.25) is 0 Å². The number of benzene rings is 3. The minimum absolute atomic E-state index is 0.0855. The third-order valence-corrected chi connectivity index (χ3v) is 6.92. The van der Waals surface area contributed by atoms with E-state index in [2.05, 4.69) is 46.4 Å². The first-order valence-electron chi connectivity index (χ1n) is 12.9. The predicted octanol–water partition coefficient (Wildman–Crippen LogP) is 4.48. The van der Waals surface area contributed by atoms with E-state index in [1.165, 1.54) is 35.4 Å². The quantitative estimate of drug-likeness (QED) is 0.305. The van der Waals surface area contributed by atoms with E-state index in [4.69, 9.17) is 0 Å². The third kappa shape index (κ3) is 6.36. The van der Waals surface area contributed by atoms with Crippen LogP contribution in [0.4, 0.5) is 17.1 Å². The lowest BCUT2D eigenvalue weighted by atomic mass is 9.98. The molecular weight excluding hydrogens is 482 g/mol. The highest BCUT2D eigenvalue weighted by molar-refractivity contribution is 6.06. The molecule has 38 heavy (non-hydrogen) atoms. The summed E-state index contributed by atoms with van der Waals surface area (Å²) in [5, 5.41) is 16.8.